The fraction of sp³-hybridized carbons (Fsp3) is 1.00. The van der Waals surface area contributed by atoms with Crippen LogP contribution in [0.25, 0.3) is 0 Å². The second kappa shape index (κ2) is 8.31. The molecule has 1 fully saturated rings. The molecule has 7 atom stereocenters. The Kier molecular flexibility index (Phi) is 7.63. The van der Waals surface area contributed by atoms with Crippen molar-refractivity contribution in [3.63, 3.8) is 0 Å². The number of hydrogen-bond donors (Lipinski definition) is 7. The fourth-order valence-corrected chi connectivity index (χ4v) is 9.02. The standard InChI is InChI=1S/C10H20O10SSe/c11-1-5(13)10-9(16)7(15)4-22(10)3-6(14)8(2-12)20-21(17,18)19/h5-16H,1-4H2/p+1/t5-,6-,7-,8+,9+,10-,22?/m0/s1. The molecule has 132 valence electrons. The Balaban J connectivity index is 2.77. The molecule has 22 heavy (non-hydrogen) atoms. The summed E-state index contributed by atoms with van der Waals surface area (Å²) in [5.41, 5.74) is 0. The predicted molar refractivity (Wildman–Crippen MR) is 73.7 cm³/mol. The summed E-state index contributed by atoms with van der Waals surface area (Å²) in [6.07, 6.45) is -6.73. The second-order valence-corrected chi connectivity index (χ2v) is 10.8. The van der Waals surface area contributed by atoms with Crippen LogP contribution in [0.5, 0.6) is 0 Å². The third-order valence-corrected chi connectivity index (χ3v) is 9.89. The first-order valence-electron chi connectivity index (χ1n) is 6.36. The van der Waals surface area contributed by atoms with E-state index < -0.39 is 72.8 Å². The van der Waals surface area contributed by atoms with Crippen LogP contribution in [0.1, 0.15) is 0 Å². The second-order valence-electron chi connectivity index (χ2n) is 4.96. The minimum absolute atomic E-state index is 0.101. The van der Waals surface area contributed by atoms with Gasteiger partial charge in [-0.1, -0.05) is 0 Å². The van der Waals surface area contributed by atoms with Crippen molar-refractivity contribution in [3.8, 4) is 0 Å². The van der Waals surface area contributed by atoms with Crippen LogP contribution in [0.4, 0.5) is 0 Å². The SMILES string of the molecule is O=S(=O)(O)O[C@H](CO)[C@@H](O)C[Se+]1C[C@H](O)[C@@H](O)[C@@H]1[C@@H](O)CO. The van der Waals surface area contributed by atoms with Crippen LogP contribution in [0.15, 0.2) is 0 Å². The molecule has 0 bridgehead atoms. The molecule has 1 aliphatic heterocycles. The van der Waals surface area contributed by atoms with Gasteiger partial charge in [0.25, 0.3) is 0 Å². The molecule has 0 aliphatic carbocycles. The number of aliphatic hydroxyl groups is 6. The van der Waals surface area contributed by atoms with E-state index >= 15 is 0 Å². The molecule has 0 saturated carbocycles. The van der Waals surface area contributed by atoms with Crippen molar-refractivity contribution in [1.29, 1.82) is 0 Å². The van der Waals surface area contributed by atoms with Gasteiger partial charge in [0.15, 0.2) is 0 Å². The maximum absolute atomic E-state index is 10.6. The van der Waals surface area contributed by atoms with Crippen LogP contribution in [0.3, 0.4) is 0 Å². The summed E-state index contributed by atoms with van der Waals surface area (Å²) in [6.45, 7) is -1.51. The van der Waals surface area contributed by atoms with Crippen molar-refractivity contribution in [2.24, 2.45) is 0 Å². The Bertz CT molecular complexity index is 445. The Morgan fingerprint density at radius 3 is 2.23 bits per heavy atom. The molecule has 1 saturated heterocycles. The van der Waals surface area contributed by atoms with E-state index in [1.54, 1.807) is 0 Å². The molecule has 0 aromatic carbocycles. The van der Waals surface area contributed by atoms with Crippen molar-refractivity contribution in [1.82, 2.24) is 0 Å². The third-order valence-electron chi connectivity index (χ3n) is 3.31. The predicted octanol–water partition coefficient (Wildman–Crippen LogP) is -3.52. The van der Waals surface area contributed by atoms with Crippen LogP contribution in [0.2, 0.25) is 15.5 Å². The molecule has 0 aromatic rings. The van der Waals surface area contributed by atoms with Gasteiger partial charge in [-0.3, -0.25) is 0 Å². The van der Waals surface area contributed by atoms with Crippen molar-refractivity contribution in [2.45, 2.75) is 46.0 Å². The summed E-state index contributed by atoms with van der Waals surface area (Å²) in [5, 5.41) is 57.2. The summed E-state index contributed by atoms with van der Waals surface area (Å²) in [7, 11) is -4.86. The van der Waals surface area contributed by atoms with Gasteiger partial charge in [-0.2, -0.15) is 0 Å². The van der Waals surface area contributed by atoms with E-state index in [-0.39, 0.29) is 10.6 Å². The van der Waals surface area contributed by atoms with Gasteiger partial charge < -0.3 is 0 Å². The average Bonchev–Trinajstić information content (AvgIpc) is 2.69. The molecule has 1 unspecified atom stereocenters. The molecule has 10 nitrogen and oxygen atoms in total. The zero-order valence-corrected chi connectivity index (χ0v) is 14.0. The molecule has 0 radical (unpaired) electrons. The summed E-state index contributed by atoms with van der Waals surface area (Å²) < 4.78 is 34.0. The first-order chi connectivity index (χ1) is 10.1. The Morgan fingerprint density at radius 2 is 1.77 bits per heavy atom. The fourth-order valence-electron chi connectivity index (χ4n) is 2.28. The molecule has 0 spiro atoms. The quantitative estimate of drug-likeness (QED) is 0.156. The number of aliphatic hydroxyl groups excluding tert-OH is 6. The molecule has 0 amide bonds. The van der Waals surface area contributed by atoms with Gasteiger partial charge in [0.05, 0.1) is 0 Å². The zero-order valence-electron chi connectivity index (χ0n) is 11.5. The third kappa shape index (κ3) is 5.35. The Morgan fingerprint density at radius 1 is 1.18 bits per heavy atom. The van der Waals surface area contributed by atoms with E-state index in [1.807, 2.05) is 0 Å². The average molecular weight is 412 g/mol. The van der Waals surface area contributed by atoms with E-state index in [0.29, 0.717) is 0 Å². The van der Waals surface area contributed by atoms with E-state index in [9.17, 15) is 28.8 Å². The van der Waals surface area contributed by atoms with Crippen LogP contribution in [-0.2, 0) is 14.6 Å². The summed E-state index contributed by atoms with van der Waals surface area (Å²) in [4.78, 5) is -0.806. The first-order valence-corrected chi connectivity index (χ1v) is 11.1. The van der Waals surface area contributed by atoms with Crippen molar-refractivity contribution in [3.05, 3.63) is 0 Å². The monoisotopic (exact) mass is 413 g/mol. The molecule has 7 N–H and O–H groups in total. The number of rotatable bonds is 8. The van der Waals surface area contributed by atoms with E-state index in [1.165, 1.54) is 0 Å². The number of hydrogen-bond acceptors (Lipinski definition) is 9. The van der Waals surface area contributed by atoms with Crippen molar-refractivity contribution in [2.75, 3.05) is 13.2 Å². The molecule has 1 aliphatic rings. The topological polar surface area (TPSA) is 185 Å². The molecule has 12 heteroatoms. The zero-order chi connectivity index (χ0) is 17.1. The van der Waals surface area contributed by atoms with E-state index in [4.69, 9.17) is 14.8 Å². The van der Waals surface area contributed by atoms with Gasteiger partial charge in [0, 0.05) is 0 Å². The minimum atomic E-state index is -4.86. The van der Waals surface area contributed by atoms with Crippen molar-refractivity contribution < 1.29 is 47.8 Å². The van der Waals surface area contributed by atoms with Crippen LogP contribution >= 0.6 is 0 Å². The van der Waals surface area contributed by atoms with Gasteiger partial charge in [-0.15, -0.1) is 0 Å². The Labute approximate surface area is 131 Å². The van der Waals surface area contributed by atoms with Gasteiger partial charge in [-0.05, 0) is 0 Å². The van der Waals surface area contributed by atoms with Crippen LogP contribution < -0.4 is 0 Å². The van der Waals surface area contributed by atoms with Gasteiger partial charge in [0.1, 0.15) is 0 Å². The normalized spacial score (nSPS) is 33.6. The molecule has 1 rings (SSSR count). The van der Waals surface area contributed by atoms with Crippen molar-refractivity contribution >= 4 is 24.3 Å². The molecular weight excluding hydrogens is 391 g/mol. The summed E-state index contributed by atoms with van der Waals surface area (Å²) in [5.74, 6) is 0. The van der Waals surface area contributed by atoms with E-state index in [0.717, 1.165) is 0 Å². The van der Waals surface area contributed by atoms with Gasteiger partial charge in [-0.25, -0.2) is 0 Å². The summed E-state index contributed by atoms with van der Waals surface area (Å²) in [6, 6.07) is 0. The van der Waals surface area contributed by atoms with Gasteiger partial charge in [0.2, 0.25) is 0 Å². The van der Waals surface area contributed by atoms with Crippen LogP contribution in [-0.4, -0.2) is 101 Å². The van der Waals surface area contributed by atoms with Crippen LogP contribution in [0, 0.1) is 0 Å². The van der Waals surface area contributed by atoms with Gasteiger partial charge >= 0.3 is 131 Å². The maximum atomic E-state index is 10.6. The first kappa shape index (κ1) is 20.2. The molecule has 1 heterocycles. The van der Waals surface area contributed by atoms with E-state index in [2.05, 4.69) is 4.18 Å². The Hall–Kier alpha value is 0.149. The molecular formula is C10H21O10SSe+. The molecule has 0 aromatic heterocycles. The summed E-state index contributed by atoms with van der Waals surface area (Å²) >= 11 is -2.05.